The number of likely N-dealkylation sites (tertiary alicyclic amines) is 1. The maximum absolute atomic E-state index is 12.1. The summed E-state index contributed by atoms with van der Waals surface area (Å²) >= 11 is 0. The van der Waals surface area contributed by atoms with Crippen LogP contribution in [-0.2, 0) is 16.1 Å². The van der Waals surface area contributed by atoms with Gasteiger partial charge in [0.2, 0.25) is 5.91 Å². The maximum atomic E-state index is 12.1. The van der Waals surface area contributed by atoms with Crippen molar-refractivity contribution in [2.24, 2.45) is 0 Å². The van der Waals surface area contributed by atoms with Gasteiger partial charge in [0.25, 0.3) is 0 Å². The van der Waals surface area contributed by atoms with Crippen LogP contribution in [0.2, 0.25) is 0 Å². The molecule has 114 valence electrons. The van der Waals surface area contributed by atoms with Gasteiger partial charge in [-0.25, -0.2) is 0 Å². The van der Waals surface area contributed by atoms with Gasteiger partial charge in [-0.3, -0.25) is 14.5 Å². The van der Waals surface area contributed by atoms with Crippen molar-refractivity contribution in [3.63, 3.8) is 0 Å². The zero-order valence-electron chi connectivity index (χ0n) is 12.0. The van der Waals surface area contributed by atoms with Crippen LogP contribution in [0.25, 0.3) is 0 Å². The molecular formula is C15H21N3O3. The molecule has 1 N–H and O–H groups in total. The molecule has 0 bridgehead atoms. The Morgan fingerprint density at radius 2 is 1.95 bits per heavy atom. The number of aromatic nitrogens is 1. The second-order valence-electron chi connectivity index (χ2n) is 5.73. The van der Waals surface area contributed by atoms with Gasteiger partial charge in [-0.1, -0.05) is 0 Å². The summed E-state index contributed by atoms with van der Waals surface area (Å²) in [7, 11) is 0. The predicted molar refractivity (Wildman–Crippen MR) is 78.0 cm³/mol. The fourth-order valence-electron chi connectivity index (χ4n) is 3.08. The van der Waals surface area contributed by atoms with Crippen molar-refractivity contribution < 1.29 is 9.53 Å². The van der Waals surface area contributed by atoms with E-state index < -0.39 is 0 Å². The molecule has 3 rings (SSSR count). The second kappa shape index (κ2) is 6.41. The molecule has 1 aromatic rings. The normalized spacial score (nSPS) is 26.1. The highest BCUT2D eigenvalue weighted by atomic mass is 16.5. The van der Waals surface area contributed by atoms with E-state index in [1.165, 1.54) is 25.0 Å². The van der Waals surface area contributed by atoms with E-state index in [0.717, 1.165) is 13.1 Å². The second-order valence-corrected chi connectivity index (χ2v) is 5.73. The molecule has 2 atom stereocenters. The Balaban J connectivity index is 1.56. The third kappa shape index (κ3) is 3.51. The van der Waals surface area contributed by atoms with E-state index in [-0.39, 0.29) is 23.9 Å². The molecule has 2 saturated heterocycles. The lowest BCUT2D eigenvalue weighted by molar-refractivity contribution is -0.122. The highest BCUT2D eigenvalue weighted by molar-refractivity contribution is 5.76. The van der Waals surface area contributed by atoms with E-state index >= 15 is 0 Å². The number of carbonyl (C=O) groups is 1. The molecule has 21 heavy (non-hydrogen) atoms. The Morgan fingerprint density at radius 1 is 1.24 bits per heavy atom. The molecule has 2 fully saturated rings. The van der Waals surface area contributed by atoms with Gasteiger partial charge in [0.15, 0.2) is 5.43 Å². The summed E-state index contributed by atoms with van der Waals surface area (Å²) in [5, 5.41) is 3.06. The van der Waals surface area contributed by atoms with E-state index in [4.69, 9.17) is 4.74 Å². The number of nitrogens with one attached hydrogen (secondary N) is 1. The first-order valence-electron chi connectivity index (χ1n) is 7.49. The molecule has 1 amide bonds. The Morgan fingerprint density at radius 3 is 2.67 bits per heavy atom. The fraction of sp³-hybridized carbons (Fsp3) is 0.600. The topological polar surface area (TPSA) is 63.6 Å². The molecular weight excluding hydrogens is 270 g/mol. The first-order chi connectivity index (χ1) is 10.2. The SMILES string of the molecule is O=C(Cn1ccc(=O)cc1)N[C@H]1COC[C@@H]1N1CCCC1. The van der Waals surface area contributed by atoms with Gasteiger partial charge in [-0.05, 0) is 25.9 Å². The summed E-state index contributed by atoms with van der Waals surface area (Å²) in [5.41, 5.74) is -0.0510. The minimum Gasteiger partial charge on any atom is -0.378 e. The molecule has 0 unspecified atom stereocenters. The summed E-state index contributed by atoms with van der Waals surface area (Å²) in [6, 6.07) is 3.28. The molecule has 3 heterocycles. The highest BCUT2D eigenvalue weighted by Gasteiger charge is 2.35. The van der Waals surface area contributed by atoms with E-state index in [9.17, 15) is 9.59 Å². The quantitative estimate of drug-likeness (QED) is 0.836. The smallest absolute Gasteiger partial charge is 0.240 e. The molecule has 6 heteroatoms. The lowest BCUT2D eigenvalue weighted by Crippen LogP contribution is -2.50. The minimum atomic E-state index is -0.0510. The van der Waals surface area contributed by atoms with Crippen molar-refractivity contribution in [1.82, 2.24) is 14.8 Å². The standard InChI is InChI=1S/C15H21N3O3/c19-12-3-7-17(8-4-12)9-15(20)16-13-10-21-11-14(13)18-5-1-2-6-18/h3-4,7-8,13-14H,1-2,5-6,9-11H2,(H,16,20)/t13-,14-/m0/s1. The summed E-state index contributed by atoms with van der Waals surface area (Å²) < 4.78 is 7.25. The van der Waals surface area contributed by atoms with Crippen LogP contribution in [0.4, 0.5) is 0 Å². The largest absolute Gasteiger partial charge is 0.378 e. The van der Waals surface area contributed by atoms with Crippen molar-refractivity contribution in [1.29, 1.82) is 0 Å². The van der Waals surface area contributed by atoms with Crippen LogP contribution in [0.15, 0.2) is 29.3 Å². The summed E-state index contributed by atoms with van der Waals surface area (Å²) in [4.78, 5) is 25.6. The van der Waals surface area contributed by atoms with Gasteiger partial charge in [-0.2, -0.15) is 0 Å². The first-order valence-corrected chi connectivity index (χ1v) is 7.49. The van der Waals surface area contributed by atoms with Crippen molar-refractivity contribution >= 4 is 5.91 Å². The van der Waals surface area contributed by atoms with Gasteiger partial charge < -0.3 is 14.6 Å². The molecule has 0 radical (unpaired) electrons. The van der Waals surface area contributed by atoms with Crippen LogP contribution >= 0.6 is 0 Å². The van der Waals surface area contributed by atoms with E-state index in [1.54, 1.807) is 17.0 Å². The molecule has 0 aromatic carbocycles. The number of rotatable bonds is 4. The third-order valence-electron chi connectivity index (χ3n) is 4.19. The first kappa shape index (κ1) is 14.3. The zero-order chi connectivity index (χ0) is 14.7. The molecule has 0 spiro atoms. The Bertz CT molecular complexity index is 531. The molecule has 6 nitrogen and oxygen atoms in total. The molecule has 0 saturated carbocycles. The van der Waals surface area contributed by atoms with Gasteiger partial charge in [0, 0.05) is 24.5 Å². The van der Waals surface area contributed by atoms with Crippen LogP contribution in [0.1, 0.15) is 12.8 Å². The third-order valence-corrected chi connectivity index (χ3v) is 4.19. The summed E-state index contributed by atoms with van der Waals surface area (Å²) in [6.45, 7) is 3.70. The predicted octanol–water partition coefficient (Wildman–Crippen LogP) is -0.172. The number of hydrogen-bond acceptors (Lipinski definition) is 4. The summed E-state index contributed by atoms with van der Waals surface area (Å²) in [6.07, 6.45) is 5.72. The van der Waals surface area contributed by atoms with Crippen molar-refractivity contribution in [3.8, 4) is 0 Å². The summed E-state index contributed by atoms with van der Waals surface area (Å²) in [5.74, 6) is -0.0432. The zero-order valence-corrected chi connectivity index (χ0v) is 12.0. The van der Waals surface area contributed by atoms with Crippen molar-refractivity contribution in [2.45, 2.75) is 31.5 Å². The fourth-order valence-corrected chi connectivity index (χ4v) is 3.08. The Kier molecular flexibility index (Phi) is 4.36. The van der Waals surface area contributed by atoms with E-state index in [1.807, 2.05) is 0 Å². The van der Waals surface area contributed by atoms with Gasteiger partial charge >= 0.3 is 0 Å². The van der Waals surface area contributed by atoms with Crippen LogP contribution in [0, 0.1) is 0 Å². The molecule has 2 aliphatic heterocycles. The average molecular weight is 291 g/mol. The minimum absolute atomic E-state index is 0.0432. The lowest BCUT2D eigenvalue weighted by atomic mass is 10.1. The van der Waals surface area contributed by atoms with Gasteiger partial charge in [0.1, 0.15) is 6.54 Å². The van der Waals surface area contributed by atoms with Gasteiger partial charge in [-0.15, -0.1) is 0 Å². The van der Waals surface area contributed by atoms with Crippen LogP contribution in [0.5, 0.6) is 0 Å². The average Bonchev–Trinajstić information content (AvgIpc) is 3.11. The van der Waals surface area contributed by atoms with Crippen LogP contribution in [-0.4, -0.2) is 53.8 Å². The Labute approximate surface area is 123 Å². The molecule has 0 aliphatic carbocycles. The molecule has 2 aliphatic rings. The number of hydrogen-bond donors (Lipinski definition) is 1. The monoisotopic (exact) mass is 291 g/mol. The number of ether oxygens (including phenoxy) is 1. The highest BCUT2D eigenvalue weighted by Crippen LogP contribution is 2.19. The van der Waals surface area contributed by atoms with E-state index in [2.05, 4.69) is 10.2 Å². The number of nitrogens with zero attached hydrogens (tertiary/aromatic N) is 2. The van der Waals surface area contributed by atoms with Crippen molar-refractivity contribution in [3.05, 3.63) is 34.7 Å². The number of carbonyl (C=O) groups excluding carboxylic acids is 1. The maximum Gasteiger partial charge on any atom is 0.240 e. The lowest BCUT2D eigenvalue weighted by Gasteiger charge is -2.28. The van der Waals surface area contributed by atoms with Gasteiger partial charge in [0.05, 0.1) is 25.3 Å². The molecule has 1 aromatic heterocycles. The van der Waals surface area contributed by atoms with E-state index in [0.29, 0.717) is 19.3 Å². The Hall–Kier alpha value is -1.66. The van der Waals surface area contributed by atoms with Crippen LogP contribution < -0.4 is 10.7 Å². The van der Waals surface area contributed by atoms with Crippen molar-refractivity contribution in [2.75, 3.05) is 26.3 Å². The number of amides is 1. The number of pyridine rings is 1. The van der Waals surface area contributed by atoms with Crippen LogP contribution in [0.3, 0.4) is 0 Å².